The van der Waals surface area contributed by atoms with Gasteiger partial charge < -0.3 is 14.0 Å². The normalized spacial score (nSPS) is 12.0. The SMILES string of the molecule is CCOCCn1c(=NC(C)=O)sc2cc(OCC)ccc21. The molecule has 0 spiro atoms. The standard InChI is InChI=1S/C15H20N2O3S/c1-4-19-9-8-17-13-7-6-12(20-5-2)10-14(13)21-15(17)16-11(3)18/h6-7,10H,4-5,8-9H2,1-3H3. The minimum absolute atomic E-state index is 0.197. The summed E-state index contributed by atoms with van der Waals surface area (Å²) in [5.41, 5.74) is 1.04. The molecule has 0 radical (unpaired) electrons. The number of hydrogen-bond donors (Lipinski definition) is 0. The third kappa shape index (κ3) is 3.92. The van der Waals surface area contributed by atoms with Crippen LogP contribution in [0.3, 0.4) is 0 Å². The molecule has 0 aliphatic carbocycles. The van der Waals surface area contributed by atoms with Gasteiger partial charge in [0.05, 0.1) is 23.4 Å². The van der Waals surface area contributed by atoms with Gasteiger partial charge in [0.15, 0.2) is 4.80 Å². The summed E-state index contributed by atoms with van der Waals surface area (Å²) in [4.78, 5) is 16.1. The van der Waals surface area contributed by atoms with E-state index in [0.29, 0.717) is 31.2 Å². The van der Waals surface area contributed by atoms with Gasteiger partial charge in [0.1, 0.15) is 5.75 Å². The van der Waals surface area contributed by atoms with Gasteiger partial charge in [-0.15, -0.1) is 0 Å². The summed E-state index contributed by atoms with van der Waals surface area (Å²) < 4.78 is 14.0. The Balaban J connectivity index is 2.47. The molecule has 1 aromatic carbocycles. The van der Waals surface area contributed by atoms with E-state index in [1.54, 1.807) is 0 Å². The Hall–Kier alpha value is -1.66. The van der Waals surface area contributed by atoms with Crippen LogP contribution in [0.4, 0.5) is 0 Å². The molecule has 0 saturated heterocycles. The molecule has 2 aromatic rings. The highest BCUT2D eigenvalue weighted by molar-refractivity contribution is 7.16. The average molecular weight is 308 g/mol. The van der Waals surface area contributed by atoms with Gasteiger partial charge in [0, 0.05) is 20.1 Å². The molecule has 21 heavy (non-hydrogen) atoms. The Morgan fingerprint density at radius 3 is 2.81 bits per heavy atom. The molecule has 0 saturated carbocycles. The molecule has 6 heteroatoms. The molecule has 0 aliphatic heterocycles. The largest absolute Gasteiger partial charge is 0.494 e. The lowest BCUT2D eigenvalue weighted by Gasteiger charge is -2.06. The molecular weight excluding hydrogens is 288 g/mol. The highest BCUT2D eigenvalue weighted by atomic mass is 32.1. The first kappa shape index (κ1) is 15.7. The van der Waals surface area contributed by atoms with E-state index >= 15 is 0 Å². The van der Waals surface area contributed by atoms with Crippen molar-refractivity contribution in [1.29, 1.82) is 0 Å². The van der Waals surface area contributed by atoms with Crippen LogP contribution < -0.4 is 9.54 Å². The summed E-state index contributed by atoms with van der Waals surface area (Å²) in [7, 11) is 0. The first-order chi connectivity index (χ1) is 10.2. The van der Waals surface area contributed by atoms with Crippen molar-refractivity contribution >= 4 is 27.5 Å². The molecule has 1 aromatic heterocycles. The highest BCUT2D eigenvalue weighted by Gasteiger charge is 2.08. The molecule has 0 bridgehead atoms. The topological polar surface area (TPSA) is 52.8 Å². The van der Waals surface area contributed by atoms with E-state index in [4.69, 9.17) is 9.47 Å². The van der Waals surface area contributed by atoms with Gasteiger partial charge in [-0.25, -0.2) is 0 Å². The van der Waals surface area contributed by atoms with Crippen molar-refractivity contribution in [2.75, 3.05) is 19.8 Å². The van der Waals surface area contributed by atoms with Crippen molar-refractivity contribution < 1.29 is 14.3 Å². The van der Waals surface area contributed by atoms with Gasteiger partial charge in [-0.2, -0.15) is 4.99 Å². The second-order valence-electron chi connectivity index (χ2n) is 4.43. The summed E-state index contributed by atoms with van der Waals surface area (Å²) in [5, 5.41) is 0. The fourth-order valence-corrected chi connectivity index (χ4v) is 3.17. The summed E-state index contributed by atoms with van der Waals surface area (Å²) >= 11 is 1.49. The van der Waals surface area contributed by atoms with Crippen LogP contribution in [0.1, 0.15) is 20.8 Å². The minimum Gasteiger partial charge on any atom is -0.494 e. The number of hydrogen-bond acceptors (Lipinski definition) is 4. The van der Waals surface area contributed by atoms with Crippen LogP contribution in [0.2, 0.25) is 0 Å². The lowest BCUT2D eigenvalue weighted by atomic mass is 10.3. The molecule has 0 atom stereocenters. The third-order valence-corrected chi connectivity index (χ3v) is 3.92. The molecular formula is C15H20N2O3S. The molecule has 2 rings (SSSR count). The van der Waals surface area contributed by atoms with Crippen molar-refractivity contribution in [3.63, 3.8) is 0 Å². The number of thiazole rings is 1. The van der Waals surface area contributed by atoms with E-state index in [1.807, 2.05) is 36.6 Å². The van der Waals surface area contributed by atoms with Crippen molar-refractivity contribution in [3.05, 3.63) is 23.0 Å². The van der Waals surface area contributed by atoms with E-state index < -0.39 is 0 Å². The van der Waals surface area contributed by atoms with E-state index in [9.17, 15) is 4.79 Å². The molecule has 114 valence electrons. The maximum absolute atomic E-state index is 11.3. The van der Waals surface area contributed by atoms with E-state index in [0.717, 1.165) is 16.0 Å². The fourth-order valence-electron chi connectivity index (χ4n) is 2.05. The van der Waals surface area contributed by atoms with Crippen LogP contribution in [-0.2, 0) is 16.1 Å². The molecule has 0 aliphatic rings. The fraction of sp³-hybridized carbons (Fsp3) is 0.467. The van der Waals surface area contributed by atoms with Crippen molar-refractivity contribution in [3.8, 4) is 5.75 Å². The quantitative estimate of drug-likeness (QED) is 0.771. The van der Waals surface area contributed by atoms with Crippen molar-refractivity contribution in [1.82, 2.24) is 4.57 Å². The Morgan fingerprint density at radius 2 is 2.14 bits per heavy atom. The number of fused-ring (bicyclic) bond motifs is 1. The van der Waals surface area contributed by atoms with E-state index in [-0.39, 0.29) is 5.91 Å². The Kier molecular flexibility index (Phi) is 5.52. The zero-order valence-corrected chi connectivity index (χ0v) is 13.4. The van der Waals surface area contributed by atoms with Crippen LogP contribution in [-0.4, -0.2) is 30.3 Å². The van der Waals surface area contributed by atoms with Crippen molar-refractivity contribution in [2.45, 2.75) is 27.3 Å². The summed E-state index contributed by atoms with van der Waals surface area (Å²) in [6.45, 7) is 7.96. The Bertz CT molecular complexity index is 688. The monoisotopic (exact) mass is 308 g/mol. The highest BCUT2D eigenvalue weighted by Crippen LogP contribution is 2.23. The zero-order chi connectivity index (χ0) is 15.2. The first-order valence-corrected chi connectivity index (χ1v) is 7.86. The van der Waals surface area contributed by atoms with Gasteiger partial charge in [-0.3, -0.25) is 4.79 Å². The predicted octanol–water partition coefficient (Wildman–Crippen LogP) is 2.59. The average Bonchev–Trinajstić information content (AvgIpc) is 2.76. The number of carbonyl (C=O) groups is 1. The predicted molar refractivity (Wildman–Crippen MR) is 83.7 cm³/mol. The lowest BCUT2D eigenvalue weighted by molar-refractivity contribution is -0.116. The summed E-state index contributed by atoms with van der Waals surface area (Å²) in [5.74, 6) is 0.634. The number of carbonyl (C=O) groups excluding carboxylic acids is 1. The molecule has 0 N–H and O–H groups in total. The van der Waals surface area contributed by atoms with Gasteiger partial charge in [-0.1, -0.05) is 11.3 Å². The number of rotatable bonds is 6. The van der Waals surface area contributed by atoms with Crippen LogP contribution in [0.25, 0.3) is 10.2 Å². The lowest BCUT2D eigenvalue weighted by Crippen LogP contribution is -2.19. The second kappa shape index (κ2) is 7.38. The maximum atomic E-state index is 11.3. The number of benzene rings is 1. The third-order valence-electron chi connectivity index (χ3n) is 2.88. The number of ether oxygens (including phenoxy) is 2. The van der Waals surface area contributed by atoms with Crippen molar-refractivity contribution in [2.24, 2.45) is 4.99 Å². The number of nitrogens with zero attached hydrogens (tertiary/aromatic N) is 2. The molecule has 0 fully saturated rings. The van der Waals surface area contributed by atoms with Gasteiger partial charge in [-0.05, 0) is 32.0 Å². The maximum Gasteiger partial charge on any atom is 0.245 e. The van der Waals surface area contributed by atoms with Crippen LogP contribution in [0.5, 0.6) is 5.75 Å². The van der Waals surface area contributed by atoms with Gasteiger partial charge in [0.25, 0.3) is 0 Å². The molecule has 0 unspecified atom stereocenters. The number of amides is 1. The molecule has 1 amide bonds. The van der Waals surface area contributed by atoms with Crippen LogP contribution in [0, 0.1) is 0 Å². The second-order valence-corrected chi connectivity index (χ2v) is 5.44. The van der Waals surface area contributed by atoms with E-state index in [2.05, 4.69) is 4.99 Å². The number of aromatic nitrogens is 1. The van der Waals surface area contributed by atoms with Crippen LogP contribution >= 0.6 is 11.3 Å². The summed E-state index contributed by atoms with van der Waals surface area (Å²) in [6.07, 6.45) is 0. The Morgan fingerprint density at radius 1 is 1.33 bits per heavy atom. The molecule has 1 heterocycles. The smallest absolute Gasteiger partial charge is 0.245 e. The first-order valence-electron chi connectivity index (χ1n) is 7.05. The van der Waals surface area contributed by atoms with Gasteiger partial charge >= 0.3 is 0 Å². The van der Waals surface area contributed by atoms with Gasteiger partial charge in [0.2, 0.25) is 5.91 Å². The van der Waals surface area contributed by atoms with E-state index in [1.165, 1.54) is 18.3 Å². The minimum atomic E-state index is -0.197. The Labute approximate surface area is 127 Å². The molecule has 5 nitrogen and oxygen atoms in total. The zero-order valence-electron chi connectivity index (χ0n) is 12.6. The van der Waals surface area contributed by atoms with Crippen LogP contribution in [0.15, 0.2) is 23.2 Å². The summed E-state index contributed by atoms with van der Waals surface area (Å²) in [6, 6.07) is 5.93.